The fourth-order valence-corrected chi connectivity index (χ4v) is 2.77. The molecule has 0 unspecified atom stereocenters. The molecule has 0 aliphatic carbocycles. The van der Waals surface area contributed by atoms with Gasteiger partial charge in [0.25, 0.3) is 0 Å². The maximum absolute atomic E-state index is 12.0. The van der Waals surface area contributed by atoms with Crippen LogP contribution in [0.4, 0.5) is 0 Å². The largest absolute Gasteiger partial charge is 0.375 e. The minimum Gasteiger partial charge on any atom is -0.375 e. The van der Waals surface area contributed by atoms with Crippen LogP contribution >= 0.6 is 0 Å². The lowest BCUT2D eigenvalue weighted by molar-refractivity contribution is -0.184. The van der Waals surface area contributed by atoms with Crippen molar-refractivity contribution in [1.82, 2.24) is 0 Å². The Balaban J connectivity index is 1.48. The van der Waals surface area contributed by atoms with Crippen LogP contribution in [0.25, 0.3) is 0 Å². The predicted molar refractivity (Wildman–Crippen MR) is 73.4 cm³/mol. The van der Waals surface area contributed by atoms with E-state index >= 15 is 0 Å². The lowest BCUT2D eigenvalue weighted by Gasteiger charge is -2.38. The number of benzene rings is 1. The van der Waals surface area contributed by atoms with Gasteiger partial charge in [-0.05, 0) is 18.4 Å². The summed E-state index contributed by atoms with van der Waals surface area (Å²) in [6, 6.07) is 9.94. The van der Waals surface area contributed by atoms with Gasteiger partial charge in [0.1, 0.15) is 6.10 Å². The summed E-state index contributed by atoms with van der Waals surface area (Å²) in [5.41, 5.74) is 1.11. The Kier molecular flexibility index (Phi) is 4.45. The van der Waals surface area contributed by atoms with E-state index in [1.807, 2.05) is 30.3 Å². The molecule has 0 spiro atoms. The number of carbonyl (C=O) groups excluding carboxylic acids is 1. The van der Waals surface area contributed by atoms with E-state index in [-0.39, 0.29) is 18.0 Å². The second-order valence-corrected chi connectivity index (χ2v) is 5.39. The highest BCUT2D eigenvalue weighted by atomic mass is 16.6. The molecule has 1 aromatic rings. The molecule has 2 fully saturated rings. The van der Waals surface area contributed by atoms with Crippen molar-refractivity contribution in [3.8, 4) is 0 Å². The Morgan fingerprint density at radius 2 is 2.05 bits per heavy atom. The Bertz CT molecular complexity index is 445. The standard InChI is InChI=1S/C16H20O4/c17-13-9-15-14(7-4-8-19-15)20-16(13)11-18-10-12-5-2-1-3-6-12/h1-3,5-6,14-16H,4,7-11H2/t14-,15+,16+/m0/s1. The summed E-state index contributed by atoms with van der Waals surface area (Å²) in [5, 5.41) is 0. The molecular formula is C16H20O4. The molecule has 0 amide bonds. The van der Waals surface area contributed by atoms with E-state index in [0.717, 1.165) is 25.0 Å². The quantitative estimate of drug-likeness (QED) is 0.845. The molecule has 4 heteroatoms. The molecule has 2 heterocycles. The number of hydrogen-bond acceptors (Lipinski definition) is 4. The van der Waals surface area contributed by atoms with Crippen LogP contribution < -0.4 is 0 Å². The van der Waals surface area contributed by atoms with Crippen molar-refractivity contribution in [2.24, 2.45) is 0 Å². The lowest BCUT2D eigenvalue weighted by atomic mass is 9.95. The van der Waals surface area contributed by atoms with Crippen molar-refractivity contribution in [1.29, 1.82) is 0 Å². The maximum atomic E-state index is 12.0. The first-order valence-electron chi connectivity index (χ1n) is 7.24. The van der Waals surface area contributed by atoms with Gasteiger partial charge in [-0.1, -0.05) is 30.3 Å². The Hall–Kier alpha value is -1.23. The summed E-state index contributed by atoms with van der Waals surface area (Å²) >= 11 is 0. The van der Waals surface area contributed by atoms with E-state index in [1.165, 1.54) is 0 Å². The monoisotopic (exact) mass is 276 g/mol. The van der Waals surface area contributed by atoms with Gasteiger partial charge in [-0.25, -0.2) is 0 Å². The summed E-state index contributed by atoms with van der Waals surface area (Å²) < 4.78 is 17.1. The van der Waals surface area contributed by atoms with E-state index < -0.39 is 6.10 Å². The highest BCUT2D eigenvalue weighted by Gasteiger charge is 2.38. The topological polar surface area (TPSA) is 44.8 Å². The number of ether oxygens (including phenoxy) is 3. The van der Waals surface area contributed by atoms with E-state index in [0.29, 0.717) is 19.6 Å². The zero-order valence-corrected chi connectivity index (χ0v) is 11.5. The SMILES string of the molecule is O=C1C[C@H]2OCCC[C@@H]2O[C@@H]1COCc1ccccc1. The van der Waals surface area contributed by atoms with Crippen molar-refractivity contribution in [2.75, 3.05) is 13.2 Å². The number of ketones is 1. The van der Waals surface area contributed by atoms with Crippen molar-refractivity contribution < 1.29 is 19.0 Å². The molecule has 1 aromatic carbocycles. The van der Waals surface area contributed by atoms with Gasteiger partial charge >= 0.3 is 0 Å². The Labute approximate surface area is 119 Å². The molecule has 0 aromatic heterocycles. The van der Waals surface area contributed by atoms with E-state index in [1.54, 1.807) is 0 Å². The molecule has 0 saturated carbocycles. The second kappa shape index (κ2) is 6.48. The van der Waals surface area contributed by atoms with Crippen LogP contribution in [0.1, 0.15) is 24.8 Å². The van der Waals surface area contributed by atoms with Crippen molar-refractivity contribution in [3.63, 3.8) is 0 Å². The van der Waals surface area contributed by atoms with Gasteiger partial charge in [-0.3, -0.25) is 4.79 Å². The van der Waals surface area contributed by atoms with Crippen LogP contribution in [-0.4, -0.2) is 37.3 Å². The summed E-state index contributed by atoms with van der Waals surface area (Å²) in [5.74, 6) is 0.0983. The van der Waals surface area contributed by atoms with E-state index in [4.69, 9.17) is 14.2 Å². The predicted octanol–water partition coefficient (Wildman–Crippen LogP) is 2.11. The lowest BCUT2D eigenvalue weighted by Crippen LogP contribution is -2.49. The number of Topliss-reactive ketones (excluding diaryl/α,β-unsaturated/α-hetero) is 1. The fourth-order valence-electron chi connectivity index (χ4n) is 2.77. The second-order valence-electron chi connectivity index (χ2n) is 5.39. The summed E-state index contributed by atoms with van der Waals surface area (Å²) in [4.78, 5) is 12.0. The number of rotatable bonds is 4. The molecule has 108 valence electrons. The minimum absolute atomic E-state index is 0.0402. The number of fused-ring (bicyclic) bond motifs is 1. The first kappa shape index (κ1) is 13.7. The maximum Gasteiger partial charge on any atom is 0.166 e. The highest BCUT2D eigenvalue weighted by Crippen LogP contribution is 2.27. The summed E-state index contributed by atoms with van der Waals surface area (Å²) in [6.07, 6.45) is 2.04. The van der Waals surface area contributed by atoms with Gasteiger partial charge in [-0.2, -0.15) is 0 Å². The third-order valence-corrected chi connectivity index (χ3v) is 3.86. The molecule has 0 bridgehead atoms. The van der Waals surface area contributed by atoms with Gasteiger partial charge in [0.2, 0.25) is 0 Å². The average molecular weight is 276 g/mol. The third-order valence-electron chi connectivity index (χ3n) is 3.86. The van der Waals surface area contributed by atoms with Crippen molar-refractivity contribution in [2.45, 2.75) is 44.2 Å². The van der Waals surface area contributed by atoms with E-state index in [9.17, 15) is 4.79 Å². The molecular weight excluding hydrogens is 256 g/mol. The molecule has 4 nitrogen and oxygen atoms in total. The van der Waals surface area contributed by atoms with Gasteiger partial charge in [0, 0.05) is 13.0 Å². The number of carbonyl (C=O) groups is 1. The zero-order chi connectivity index (χ0) is 13.8. The zero-order valence-electron chi connectivity index (χ0n) is 11.5. The molecule has 2 saturated heterocycles. The van der Waals surface area contributed by atoms with Crippen LogP contribution in [0.15, 0.2) is 30.3 Å². The van der Waals surface area contributed by atoms with Gasteiger partial charge < -0.3 is 14.2 Å². The molecule has 20 heavy (non-hydrogen) atoms. The minimum atomic E-state index is -0.429. The van der Waals surface area contributed by atoms with Crippen LogP contribution in [0.5, 0.6) is 0 Å². The van der Waals surface area contributed by atoms with Gasteiger partial charge in [-0.15, -0.1) is 0 Å². The normalized spacial score (nSPS) is 30.0. The van der Waals surface area contributed by atoms with Crippen LogP contribution in [0.2, 0.25) is 0 Å². The molecule has 2 aliphatic rings. The highest BCUT2D eigenvalue weighted by molar-refractivity contribution is 5.84. The van der Waals surface area contributed by atoms with Crippen molar-refractivity contribution in [3.05, 3.63) is 35.9 Å². The molecule has 2 aliphatic heterocycles. The van der Waals surface area contributed by atoms with Crippen LogP contribution in [0, 0.1) is 0 Å². The van der Waals surface area contributed by atoms with Gasteiger partial charge in [0.05, 0.1) is 25.4 Å². The molecule has 3 rings (SSSR count). The molecule has 3 atom stereocenters. The third kappa shape index (κ3) is 3.26. The average Bonchev–Trinajstić information content (AvgIpc) is 2.49. The smallest absolute Gasteiger partial charge is 0.166 e. The molecule has 0 radical (unpaired) electrons. The number of hydrogen-bond donors (Lipinski definition) is 0. The summed E-state index contributed by atoms with van der Waals surface area (Å²) in [6.45, 7) is 1.59. The van der Waals surface area contributed by atoms with E-state index in [2.05, 4.69) is 0 Å². The van der Waals surface area contributed by atoms with Crippen LogP contribution in [-0.2, 0) is 25.6 Å². The fraction of sp³-hybridized carbons (Fsp3) is 0.562. The Morgan fingerprint density at radius 1 is 1.20 bits per heavy atom. The first-order valence-corrected chi connectivity index (χ1v) is 7.24. The van der Waals surface area contributed by atoms with Crippen molar-refractivity contribution >= 4 is 5.78 Å². The molecule has 0 N–H and O–H groups in total. The summed E-state index contributed by atoms with van der Waals surface area (Å²) in [7, 11) is 0. The Morgan fingerprint density at radius 3 is 2.90 bits per heavy atom. The van der Waals surface area contributed by atoms with Gasteiger partial charge in [0.15, 0.2) is 5.78 Å². The van der Waals surface area contributed by atoms with Crippen LogP contribution in [0.3, 0.4) is 0 Å². The first-order chi connectivity index (χ1) is 9.83.